The van der Waals surface area contributed by atoms with Crippen molar-refractivity contribution in [1.29, 1.82) is 0 Å². The van der Waals surface area contributed by atoms with Crippen LogP contribution in [0.5, 0.6) is 0 Å². The van der Waals surface area contributed by atoms with Crippen molar-refractivity contribution in [2.24, 2.45) is 0 Å². The van der Waals surface area contributed by atoms with E-state index in [1.807, 2.05) is 66.4 Å². The van der Waals surface area contributed by atoms with Crippen LogP contribution < -0.4 is 5.32 Å². The predicted octanol–water partition coefficient (Wildman–Crippen LogP) is 3.02. The first-order chi connectivity index (χ1) is 16.4. The summed E-state index contributed by atoms with van der Waals surface area (Å²) in [6, 6.07) is 16.3. The fraction of sp³-hybridized carbons (Fsp3) is 0.370. The molecule has 3 aliphatic rings. The normalized spacial score (nSPS) is 21.1. The van der Waals surface area contributed by atoms with E-state index in [0.29, 0.717) is 17.7 Å². The van der Waals surface area contributed by atoms with Crippen LogP contribution in [0.25, 0.3) is 0 Å². The number of likely N-dealkylation sites (tertiary alicyclic amines) is 1. The Morgan fingerprint density at radius 1 is 1.03 bits per heavy atom. The summed E-state index contributed by atoms with van der Waals surface area (Å²) in [4.78, 5) is 45.4. The first-order valence-electron chi connectivity index (χ1n) is 11.9. The minimum Gasteiger partial charge on any atom is -0.341 e. The molecule has 2 atom stereocenters. The molecule has 0 aliphatic carbocycles. The van der Waals surface area contributed by atoms with E-state index >= 15 is 0 Å². The SMILES string of the molecule is Cc1ccc(C2NC(=O)N(C)C3=C2C(=O)N(C(Cc2ccccc2)C(=O)N2CCCC2)C3)cc1. The maximum atomic E-state index is 13.9. The Labute approximate surface area is 200 Å². The number of nitrogens with one attached hydrogen (secondary N) is 1. The second-order valence-electron chi connectivity index (χ2n) is 9.38. The minimum atomic E-state index is -0.610. The molecule has 0 spiro atoms. The third-order valence-corrected chi connectivity index (χ3v) is 7.15. The Balaban J connectivity index is 1.50. The first kappa shape index (κ1) is 22.2. The molecule has 7 nitrogen and oxygen atoms in total. The molecule has 0 saturated carbocycles. The van der Waals surface area contributed by atoms with Gasteiger partial charge >= 0.3 is 6.03 Å². The number of likely N-dealkylation sites (N-methyl/N-ethyl adjacent to an activating group) is 1. The van der Waals surface area contributed by atoms with Crippen molar-refractivity contribution in [2.45, 2.75) is 38.3 Å². The Bertz CT molecular complexity index is 1140. The molecular weight excluding hydrogens is 428 g/mol. The zero-order valence-electron chi connectivity index (χ0n) is 19.7. The number of amides is 4. The molecule has 7 heteroatoms. The summed E-state index contributed by atoms with van der Waals surface area (Å²) < 4.78 is 0. The monoisotopic (exact) mass is 458 g/mol. The van der Waals surface area contributed by atoms with Gasteiger partial charge in [-0.3, -0.25) is 14.5 Å². The number of carbonyl (C=O) groups excluding carboxylic acids is 3. The van der Waals surface area contributed by atoms with Gasteiger partial charge in [0.2, 0.25) is 5.91 Å². The lowest BCUT2D eigenvalue weighted by Crippen LogP contribution is -2.50. The predicted molar refractivity (Wildman–Crippen MR) is 129 cm³/mol. The van der Waals surface area contributed by atoms with Gasteiger partial charge in [0.15, 0.2) is 0 Å². The number of hydrogen-bond acceptors (Lipinski definition) is 3. The Morgan fingerprint density at radius 2 is 1.71 bits per heavy atom. The first-order valence-corrected chi connectivity index (χ1v) is 11.9. The molecule has 4 amide bonds. The van der Waals surface area contributed by atoms with Crippen LogP contribution in [0.15, 0.2) is 65.9 Å². The van der Waals surface area contributed by atoms with Crippen LogP contribution in [-0.2, 0) is 16.0 Å². The van der Waals surface area contributed by atoms with Crippen LogP contribution in [0, 0.1) is 6.92 Å². The molecule has 2 aromatic rings. The summed E-state index contributed by atoms with van der Waals surface area (Å²) in [5.41, 5.74) is 4.20. The van der Waals surface area contributed by atoms with E-state index in [0.717, 1.165) is 42.6 Å². The van der Waals surface area contributed by atoms with E-state index < -0.39 is 12.1 Å². The van der Waals surface area contributed by atoms with Gasteiger partial charge in [-0.2, -0.15) is 0 Å². The van der Waals surface area contributed by atoms with E-state index in [-0.39, 0.29) is 24.4 Å². The molecule has 3 aliphatic heterocycles. The minimum absolute atomic E-state index is 0.0108. The van der Waals surface area contributed by atoms with Crippen molar-refractivity contribution < 1.29 is 14.4 Å². The maximum Gasteiger partial charge on any atom is 0.322 e. The summed E-state index contributed by atoms with van der Waals surface area (Å²) in [5, 5.41) is 2.98. The number of aryl methyl sites for hydroxylation is 1. The summed E-state index contributed by atoms with van der Waals surface area (Å²) >= 11 is 0. The molecule has 5 rings (SSSR count). The zero-order valence-corrected chi connectivity index (χ0v) is 19.7. The van der Waals surface area contributed by atoms with Crippen molar-refractivity contribution >= 4 is 17.8 Å². The van der Waals surface area contributed by atoms with Gasteiger partial charge in [-0.1, -0.05) is 60.2 Å². The van der Waals surface area contributed by atoms with E-state index in [4.69, 9.17) is 0 Å². The number of nitrogens with zero attached hydrogens (tertiary/aromatic N) is 3. The van der Waals surface area contributed by atoms with Gasteiger partial charge in [0.25, 0.3) is 5.91 Å². The highest BCUT2D eigenvalue weighted by Crippen LogP contribution is 2.37. The lowest BCUT2D eigenvalue weighted by Gasteiger charge is -2.31. The number of carbonyl (C=O) groups is 3. The van der Waals surface area contributed by atoms with Crippen molar-refractivity contribution in [3.8, 4) is 0 Å². The van der Waals surface area contributed by atoms with Crippen molar-refractivity contribution in [3.63, 3.8) is 0 Å². The summed E-state index contributed by atoms with van der Waals surface area (Å²) in [6.45, 7) is 3.70. The third-order valence-electron chi connectivity index (χ3n) is 7.15. The fourth-order valence-electron chi connectivity index (χ4n) is 5.17. The van der Waals surface area contributed by atoms with Gasteiger partial charge in [-0.25, -0.2) is 4.79 Å². The van der Waals surface area contributed by atoms with Crippen LogP contribution in [-0.4, -0.2) is 65.3 Å². The molecule has 1 fully saturated rings. The van der Waals surface area contributed by atoms with E-state index in [1.54, 1.807) is 11.9 Å². The van der Waals surface area contributed by atoms with Crippen molar-refractivity contribution in [2.75, 3.05) is 26.7 Å². The Morgan fingerprint density at radius 3 is 2.38 bits per heavy atom. The van der Waals surface area contributed by atoms with Gasteiger partial charge in [-0.15, -0.1) is 0 Å². The molecule has 34 heavy (non-hydrogen) atoms. The van der Waals surface area contributed by atoms with Gasteiger partial charge in [0.05, 0.1) is 23.9 Å². The molecule has 0 bridgehead atoms. The number of urea groups is 1. The maximum absolute atomic E-state index is 13.9. The zero-order chi connectivity index (χ0) is 23.8. The molecule has 2 unspecified atom stereocenters. The smallest absolute Gasteiger partial charge is 0.322 e. The fourth-order valence-corrected chi connectivity index (χ4v) is 5.17. The summed E-state index contributed by atoms with van der Waals surface area (Å²) in [7, 11) is 1.68. The van der Waals surface area contributed by atoms with Gasteiger partial charge in [0.1, 0.15) is 6.04 Å². The standard InChI is InChI=1S/C27H30N4O3/c1-18-10-12-20(13-11-18)24-23-22(29(2)27(34)28-24)17-31(26(23)33)21(16-19-8-4-3-5-9-19)25(32)30-14-6-7-15-30/h3-5,8-13,21,24H,6-7,14-17H2,1-2H3,(H,28,34). The summed E-state index contributed by atoms with van der Waals surface area (Å²) in [5.74, 6) is -0.190. The largest absolute Gasteiger partial charge is 0.341 e. The second-order valence-corrected chi connectivity index (χ2v) is 9.38. The summed E-state index contributed by atoms with van der Waals surface area (Å²) in [6.07, 6.45) is 2.43. The van der Waals surface area contributed by atoms with E-state index in [9.17, 15) is 14.4 Å². The number of benzene rings is 2. The number of hydrogen-bond donors (Lipinski definition) is 1. The third kappa shape index (κ3) is 3.95. The van der Waals surface area contributed by atoms with Crippen LogP contribution in [0.4, 0.5) is 4.79 Å². The molecule has 0 radical (unpaired) electrons. The average Bonchev–Trinajstić information content (AvgIpc) is 3.50. The topological polar surface area (TPSA) is 73.0 Å². The second kappa shape index (κ2) is 8.97. The highest BCUT2D eigenvalue weighted by Gasteiger charge is 2.47. The van der Waals surface area contributed by atoms with Crippen LogP contribution in [0.1, 0.15) is 35.6 Å². The van der Waals surface area contributed by atoms with Crippen LogP contribution in [0.2, 0.25) is 0 Å². The van der Waals surface area contributed by atoms with Crippen LogP contribution >= 0.6 is 0 Å². The van der Waals surface area contributed by atoms with Crippen molar-refractivity contribution in [3.05, 3.63) is 82.6 Å². The highest BCUT2D eigenvalue weighted by atomic mass is 16.2. The molecule has 176 valence electrons. The lowest BCUT2D eigenvalue weighted by atomic mass is 9.95. The average molecular weight is 459 g/mol. The molecule has 0 aromatic heterocycles. The number of rotatable bonds is 5. The molecule has 3 heterocycles. The van der Waals surface area contributed by atoms with E-state index in [2.05, 4.69) is 5.32 Å². The molecular formula is C27H30N4O3. The molecule has 1 saturated heterocycles. The Hall–Kier alpha value is -3.61. The lowest BCUT2D eigenvalue weighted by molar-refractivity contribution is -0.142. The Kier molecular flexibility index (Phi) is 5.86. The molecule has 1 N–H and O–H groups in total. The van der Waals surface area contributed by atoms with Gasteiger partial charge in [-0.05, 0) is 30.9 Å². The highest BCUT2D eigenvalue weighted by molar-refractivity contribution is 6.03. The van der Waals surface area contributed by atoms with Crippen LogP contribution in [0.3, 0.4) is 0 Å². The van der Waals surface area contributed by atoms with E-state index in [1.165, 1.54) is 4.90 Å². The van der Waals surface area contributed by atoms with Gasteiger partial charge < -0.3 is 15.1 Å². The quantitative estimate of drug-likeness (QED) is 0.749. The van der Waals surface area contributed by atoms with Crippen molar-refractivity contribution in [1.82, 2.24) is 20.0 Å². The molecule has 2 aromatic carbocycles. The van der Waals surface area contributed by atoms with Gasteiger partial charge in [0, 0.05) is 26.6 Å².